The standard InChI is InChI=1S/C13H22N4O2S/c1-5-16-11(18)10(9-14-7-8-15(3)4)12(19)17(6-2)13(16)20/h9,18H,5-8H2,1-4H3/p+1. The zero-order valence-corrected chi connectivity index (χ0v) is 13.3. The SMILES string of the molecule is CCn1c(O)c(C=NCC[NH+](C)C)c(=O)n(CC)c1=S. The minimum atomic E-state index is -0.291. The molecule has 0 aliphatic heterocycles. The van der Waals surface area contributed by atoms with Crippen molar-refractivity contribution in [1.82, 2.24) is 9.13 Å². The maximum Gasteiger partial charge on any atom is 0.267 e. The summed E-state index contributed by atoms with van der Waals surface area (Å²) in [4.78, 5) is 17.8. The molecule has 2 N–H and O–H groups in total. The quantitative estimate of drug-likeness (QED) is 0.559. The monoisotopic (exact) mass is 299 g/mol. The summed E-state index contributed by atoms with van der Waals surface area (Å²) in [6.07, 6.45) is 1.45. The Morgan fingerprint density at radius 3 is 2.40 bits per heavy atom. The van der Waals surface area contributed by atoms with Crippen LogP contribution in [0.5, 0.6) is 5.88 Å². The van der Waals surface area contributed by atoms with E-state index < -0.39 is 0 Å². The molecule has 0 atom stereocenters. The van der Waals surface area contributed by atoms with Crippen molar-refractivity contribution in [1.29, 1.82) is 0 Å². The summed E-state index contributed by atoms with van der Waals surface area (Å²) in [6, 6.07) is 0. The van der Waals surface area contributed by atoms with Crippen LogP contribution in [0.4, 0.5) is 0 Å². The Bertz CT molecular complexity index is 602. The number of aromatic hydroxyl groups is 1. The molecule has 0 amide bonds. The molecule has 1 rings (SSSR count). The summed E-state index contributed by atoms with van der Waals surface area (Å²) in [7, 11) is 4.07. The highest BCUT2D eigenvalue weighted by Crippen LogP contribution is 2.12. The van der Waals surface area contributed by atoms with Gasteiger partial charge in [0, 0.05) is 19.3 Å². The number of nitrogens with zero attached hydrogens (tertiary/aromatic N) is 3. The number of quaternary nitrogens is 1. The second-order valence-corrected chi connectivity index (χ2v) is 5.17. The predicted octanol–water partition coefficient (Wildman–Crippen LogP) is -0.312. The average Bonchev–Trinajstić information content (AvgIpc) is 2.38. The van der Waals surface area contributed by atoms with Crippen LogP contribution in [0.3, 0.4) is 0 Å². The van der Waals surface area contributed by atoms with Gasteiger partial charge in [0.05, 0.1) is 27.2 Å². The Morgan fingerprint density at radius 1 is 1.30 bits per heavy atom. The topological polar surface area (TPSA) is 64.0 Å². The number of aromatic nitrogens is 2. The molecular formula is C13H23N4O2S+. The highest BCUT2D eigenvalue weighted by atomic mass is 32.1. The number of likely N-dealkylation sites (N-methyl/N-ethyl adjacent to an activating group) is 1. The van der Waals surface area contributed by atoms with Crippen LogP contribution in [0, 0.1) is 4.77 Å². The maximum absolute atomic E-state index is 12.3. The third-order valence-electron chi connectivity index (χ3n) is 3.03. The third-order valence-corrected chi connectivity index (χ3v) is 3.47. The lowest BCUT2D eigenvalue weighted by Gasteiger charge is -2.13. The number of rotatable bonds is 6. The third kappa shape index (κ3) is 3.55. The van der Waals surface area contributed by atoms with Gasteiger partial charge in [0.25, 0.3) is 5.56 Å². The first-order chi connectivity index (χ1) is 9.43. The van der Waals surface area contributed by atoms with E-state index in [4.69, 9.17) is 12.2 Å². The van der Waals surface area contributed by atoms with Crippen molar-refractivity contribution in [3.05, 3.63) is 20.7 Å². The predicted molar refractivity (Wildman–Crippen MR) is 82.7 cm³/mol. The fraction of sp³-hybridized carbons (Fsp3) is 0.615. The maximum atomic E-state index is 12.3. The Morgan fingerprint density at radius 2 is 1.90 bits per heavy atom. The van der Waals surface area contributed by atoms with E-state index in [9.17, 15) is 9.90 Å². The Labute approximate surface area is 124 Å². The average molecular weight is 299 g/mol. The summed E-state index contributed by atoms with van der Waals surface area (Å²) < 4.78 is 3.35. The second-order valence-electron chi connectivity index (χ2n) is 4.81. The minimum Gasteiger partial charge on any atom is -0.494 e. The fourth-order valence-electron chi connectivity index (χ4n) is 1.83. The summed E-state index contributed by atoms with van der Waals surface area (Å²) in [6.45, 7) is 6.18. The molecule has 1 heterocycles. The molecule has 6 nitrogen and oxygen atoms in total. The molecule has 0 saturated heterocycles. The van der Waals surface area contributed by atoms with Crippen LogP contribution in [-0.4, -0.2) is 47.6 Å². The molecule has 1 aromatic rings. The fourth-order valence-corrected chi connectivity index (χ4v) is 2.26. The molecule has 112 valence electrons. The van der Waals surface area contributed by atoms with E-state index in [1.807, 2.05) is 27.9 Å². The second kappa shape index (κ2) is 7.35. The van der Waals surface area contributed by atoms with E-state index in [-0.39, 0.29) is 17.0 Å². The van der Waals surface area contributed by atoms with Gasteiger partial charge >= 0.3 is 0 Å². The number of aliphatic imine (C=N–C) groups is 1. The van der Waals surface area contributed by atoms with Crippen molar-refractivity contribution < 1.29 is 10.0 Å². The molecule has 0 saturated carbocycles. The van der Waals surface area contributed by atoms with Gasteiger partial charge in [-0.15, -0.1) is 0 Å². The smallest absolute Gasteiger partial charge is 0.267 e. The van der Waals surface area contributed by atoms with Crippen molar-refractivity contribution in [2.24, 2.45) is 4.99 Å². The summed E-state index contributed by atoms with van der Waals surface area (Å²) in [5.74, 6) is -0.104. The van der Waals surface area contributed by atoms with Crippen LogP contribution in [0.25, 0.3) is 0 Å². The van der Waals surface area contributed by atoms with E-state index in [0.717, 1.165) is 6.54 Å². The minimum absolute atomic E-state index is 0.104. The molecule has 20 heavy (non-hydrogen) atoms. The van der Waals surface area contributed by atoms with E-state index in [2.05, 4.69) is 4.99 Å². The van der Waals surface area contributed by atoms with Gasteiger partial charge in [0.2, 0.25) is 5.88 Å². The number of nitrogens with one attached hydrogen (secondary N) is 1. The van der Waals surface area contributed by atoms with Crippen LogP contribution in [0.15, 0.2) is 9.79 Å². The molecule has 7 heteroatoms. The molecule has 0 spiro atoms. The van der Waals surface area contributed by atoms with Crippen molar-refractivity contribution in [2.45, 2.75) is 26.9 Å². The first-order valence-corrected chi connectivity index (χ1v) is 7.20. The van der Waals surface area contributed by atoms with Gasteiger partial charge in [-0.3, -0.25) is 18.9 Å². The van der Waals surface area contributed by atoms with Crippen LogP contribution in [0.2, 0.25) is 0 Å². The van der Waals surface area contributed by atoms with Gasteiger partial charge in [-0.05, 0) is 26.1 Å². The first-order valence-electron chi connectivity index (χ1n) is 6.79. The summed E-state index contributed by atoms with van der Waals surface area (Å²) in [5.41, 5.74) is -0.0864. The molecule has 0 aliphatic rings. The van der Waals surface area contributed by atoms with Gasteiger partial charge < -0.3 is 10.0 Å². The summed E-state index contributed by atoms with van der Waals surface area (Å²) >= 11 is 5.21. The lowest BCUT2D eigenvalue weighted by Crippen LogP contribution is -3.06. The molecule has 0 aromatic carbocycles. The van der Waals surface area contributed by atoms with Gasteiger partial charge in [-0.2, -0.15) is 0 Å². The lowest BCUT2D eigenvalue weighted by molar-refractivity contribution is -0.856. The molecule has 0 fully saturated rings. The number of hydrogen-bond acceptors (Lipinski definition) is 4. The molecule has 0 radical (unpaired) electrons. The van der Waals surface area contributed by atoms with Gasteiger partial charge in [-0.1, -0.05) is 0 Å². The van der Waals surface area contributed by atoms with Crippen LogP contribution >= 0.6 is 12.2 Å². The normalized spacial score (nSPS) is 11.7. The number of hydrogen-bond donors (Lipinski definition) is 2. The molecule has 0 aliphatic carbocycles. The van der Waals surface area contributed by atoms with E-state index in [1.165, 1.54) is 15.7 Å². The van der Waals surface area contributed by atoms with Crippen molar-refractivity contribution >= 4 is 18.4 Å². The highest BCUT2D eigenvalue weighted by molar-refractivity contribution is 7.71. The van der Waals surface area contributed by atoms with Crippen molar-refractivity contribution in [3.8, 4) is 5.88 Å². The van der Waals surface area contributed by atoms with Crippen LogP contribution < -0.4 is 10.5 Å². The lowest BCUT2D eigenvalue weighted by atomic mass is 10.3. The molecule has 0 unspecified atom stereocenters. The van der Waals surface area contributed by atoms with Crippen molar-refractivity contribution in [2.75, 3.05) is 27.2 Å². The van der Waals surface area contributed by atoms with E-state index in [1.54, 1.807) is 4.57 Å². The zero-order valence-electron chi connectivity index (χ0n) is 12.5. The van der Waals surface area contributed by atoms with Gasteiger partial charge in [0.1, 0.15) is 5.56 Å². The Hall–Kier alpha value is -1.47. The Kier molecular flexibility index (Phi) is 6.09. The molecule has 1 aromatic heterocycles. The summed E-state index contributed by atoms with van der Waals surface area (Å²) in [5, 5.41) is 10.2. The van der Waals surface area contributed by atoms with E-state index >= 15 is 0 Å². The highest BCUT2D eigenvalue weighted by Gasteiger charge is 2.13. The van der Waals surface area contributed by atoms with Crippen LogP contribution in [0.1, 0.15) is 19.4 Å². The van der Waals surface area contributed by atoms with Gasteiger partial charge in [-0.25, -0.2) is 0 Å². The molecular weight excluding hydrogens is 276 g/mol. The molecule has 0 bridgehead atoms. The van der Waals surface area contributed by atoms with E-state index in [0.29, 0.717) is 24.4 Å². The zero-order chi connectivity index (χ0) is 15.3. The largest absolute Gasteiger partial charge is 0.494 e. The Balaban J connectivity index is 3.26. The van der Waals surface area contributed by atoms with Crippen LogP contribution in [-0.2, 0) is 13.1 Å². The van der Waals surface area contributed by atoms with Crippen molar-refractivity contribution in [3.63, 3.8) is 0 Å². The van der Waals surface area contributed by atoms with Gasteiger partial charge in [0.15, 0.2) is 4.77 Å². The first kappa shape index (κ1) is 16.6.